The van der Waals surface area contributed by atoms with Crippen molar-refractivity contribution in [3.05, 3.63) is 51.3 Å². The van der Waals surface area contributed by atoms with Crippen molar-refractivity contribution in [2.45, 2.75) is 13.8 Å². The van der Waals surface area contributed by atoms with E-state index in [1.807, 2.05) is 0 Å². The van der Waals surface area contributed by atoms with E-state index in [1.165, 1.54) is 28.0 Å². The second-order valence-electron chi connectivity index (χ2n) is 7.40. The third kappa shape index (κ3) is 4.29. The average molecular weight is 430 g/mol. The number of thiazole rings is 1. The second kappa shape index (κ2) is 8.41. The van der Waals surface area contributed by atoms with Crippen LogP contribution >= 0.6 is 11.3 Å². The van der Waals surface area contributed by atoms with Gasteiger partial charge in [-0.05, 0) is 37.1 Å². The summed E-state index contributed by atoms with van der Waals surface area (Å²) in [5.74, 6) is -0.925. The normalized spacial score (nSPS) is 14.9. The van der Waals surface area contributed by atoms with E-state index in [4.69, 9.17) is 9.40 Å². The number of furan rings is 1. The number of carbonyl (C=O) groups is 1. The predicted molar refractivity (Wildman–Crippen MR) is 115 cm³/mol. The van der Waals surface area contributed by atoms with E-state index in [9.17, 15) is 14.9 Å². The number of piperazine rings is 1. The van der Waals surface area contributed by atoms with Crippen LogP contribution in [0, 0.1) is 24.0 Å². The molecule has 1 N–H and O–H groups in total. The van der Waals surface area contributed by atoms with Crippen molar-refractivity contribution in [3.63, 3.8) is 0 Å². The Hall–Kier alpha value is -2.98. The number of anilines is 1. The van der Waals surface area contributed by atoms with Gasteiger partial charge in [0.15, 0.2) is 10.9 Å². The molecule has 0 bridgehead atoms. The zero-order chi connectivity index (χ0) is 21.3. The molecule has 3 heterocycles. The van der Waals surface area contributed by atoms with Crippen LogP contribution in [0.15, 0.2) is 28.7 Å². The molecule has 2 aromatic heterocycles. The standard InChI is InChI=1S/C20H23N5O4S/c1-13-11-14(2)18-16(12-13)30-20(22-18)24-9-7-23(8-10-24)6-5-21-19(26)15-3-4-17(29-15)25(27)28/h3-4,11-12H,5-10H2,1-2H3,(H,21,26). The van der Waals surface area contributed by atoms with E-state index in [0.717, 1.165) is 36.8 Å². The van der Waals surface area contributed by atoms with Crippen molar-refractivity contribution in [1.29, 1.82) is 0 Å². The molecule has 4 rings (SSSR count). The number of hydrogen-bond acceptors (Lipinski definition) is 8. The third-order valence-corrected chi connectivity index (χ3v) is 6.23. The lowest BCUT2D eigenvalue weighted by atomic mass is 10.1. The van der Waals surface area contributed by atoms with Crippen LogP contribution in [0.25, 0.3) is 10.2 Å². The van der Waals surface area contributed by atoms with Gasteiger partial charge in [-0.15, -0.1) is 0 Å². The fourth-order valence-corrected chi connectivity index (χ4v) is 4.81. The topological polar surface area (TPSA) is 105 Å². The summed E-state index contributed by atoms with van der Waals surface area (Å²) in [6, 6.07) is 6.85. The van der Waals surface area contributed by atoms with Crippen molar-refractivity contribution >= 4 is 38.5 Å². The minimum Gasteiger partial charge on any atom is -0.395 e. The zero-order valence-corrected chi connectivity index (χ0v) is 17.7. The van der Waals surface area contributed by atoms with Gasteiger partial charge in [-0.2, -0.15) is 0 Å². The van der Waals surface area contributed by atoms with Crippen LogP contribution in [0.1, 0.15) is 21.7 Å². The lowest BCUT2D eigenvalue weighted by molar-refractivity contribution is -0.402. The van der Waals surface area contributed by atoms with Crippen LogP contribution in [0.3, 0.4) is 0 Å². The first-order valence-electron chi connectivity index (χ1n) is 9.78. The SMILES string of the molecule is Cc1cc(C)c2nc(N3CCN(CCNC(=O)c4ccc([N+](=O)[O-])o4)CC3)sc2c1. The summed E-state index contributed by atoms with van der Waals surface area (Å²) in [5, 5.41) is 14.4. The summed E-state index contributed by atoms with van der Waals surface area (Å²) in [6.07, 6.45) is 0. The first kappa shape index (κ1) is 20.3. The summed E-state index contributed by atoms with van der Waals surface area (Å²) < 4.78 is 6.14. The van der Waals surface area contributed by atoms with E-state index >= 15 is 0 Å². The van der Waals surface area contributed by atoms with Crippen LogP contribution in [-0.2, 0) is 0 Å². The Bertz CT molecular complexity index is 1080. The van der Waals surface area contributed by atoms with Gasteiger partial charge in [-0.1, -0.05) is 17.4 Å². The van der Waals surface area contributed by atoms with Crippen molar-refractivity contribution in [3.8, 4) is 0 Å². The molecule has 1 saturated heterocycles. The zero-order valence-electron chi connectivity index (χ0n) is 16.9. The van der Waals surface area contributed by atoms with Crippen molar-refractivity contribution in [1.82, 2.24) is 15.2 Å². The van der Waals surface area contributed by atoms with Gasteiger partial charge in [0.2, 0.25) is 0 Å². The number of rotatable bonds is 6. The number of fused-ring (bicyclic) bond motifs is 1. The maximum atomic E-state index is 12.0. The number of nitrogens with zero attached hydrogens (tertiary/aromatic N) is 4. The lowest BCUT2D eigenvalue weighted by Gasteiger charge is -2.34. The van der Waals surface area contributed by atoms with Crippen LogP contribution in [-0.4, -0.2) is 60.0 Å². The first-order valence-corrected chi connectivity index (χ1v) is 10.6. The Labute approximate surface area is 177 Å². The highest BCUT2D eigenvalue weighted by Crippen LogP contribution is 2.32. The van der Waals surface area contributed by atoms with Crippen molar-refractivity contribution in [2.75, 3.05) is 44.2 Å². The van der Waals surface area contributed by atoms with Crippen LogP contribution in [0.2, 0.25) is 0 Å². The molecule has 0 radical (unpaired) electrons. The maximum absolute atomic E-state index is 12.0. The third-order valence-electron chi connectivity index (χ3n) is 5.17. The van der Waals surface area contributed by atoms with Crippen molar-refractivity contribution < 1.29 is 14.1 Å². The fraction of sp³-hybridized carbons (Fsp3) is 0.400. The highest BCUT2D eigenvalue weighted by atomic mass is 32.1. The minimum absolute atomic E-state index is 0.0483. The molecule has 1 amide bonds. The van der Waals surface area contributed by atoms with E-state index in [0.29, 0.717) is 13.1 Å². The highest BCUT2D eigenvalue weighted by molar-refractivity contribution is 7.22. The monoisotopic (exact) mass is 429 g/mol. The molecule has 10 heteroatoms. The number of aromatic nitrogens is 1. The van der Waals surface area contributed by atoms with Crippen LogP contribution < -0.4 is 10.2 Å². The second-order valence-corrected chi connectivity index (χ2v) is 8.41. The van der Waals surface area contributed by atoms with Gasteiger partial charge in [0.25, 0.3) is 5.91 Å². The molecular formula is C20H23N5O4S. The molecule has 30 heavy (non-hydrogen) atoms. The number of carbonyl (C=O) groups excluding carboxylic acids is 1. The molecule has 0 saturated carbocycles. The molecule has 1 fully saturated rings. The molecule has 1 aliphatic heterocycles. The molecule has 1 aliphatic rings. The molecule has 158 valence electrons. The first-order chi connectivity index (χ1) is 14.4. The van der Waals surface area contributed by atoms with Gasteiger partial charge in [-0.3, -0.25) is 19.8 Å². The molecule has 0 aliphatic carbocycles. The van der Waals surface area contributed by atoms with Crippen LogP contribution in [0.5, 0.6) is 0 Å². The Morgan fingerprint density at radius 3 is 2.73 bits per heavy atom. The smallest absolute Gasteiger partial charge is 0.395 e. The Kier molecular flexibility index (Phi) is 5.69. The number of nitro groups is 1. The summed E-state index contributed by atoms with van der Waals surface area (Å²) in [4.78, 5) is 31.5. The number of nitrogens with one attached hydrogen (secondary N) is 1. The van der Waals surface area contributed by atoms with Gasteiger partial charge in [0, 0.05) is 39.3 Å². The van der Waals surface area contributed by atoms with Crippen molar-refractivity contribution in [2.24, 2.45) is 0 Å². The van der Waals surface area contributed by atoms with Gasteiger partial charge < -0.3 is 14.6 Å². The van der Waals surface area contributed by atoms with E-state index in [2.05, 4.69) is 41.1 Å². The minimum atomic E-state index is -0.663. The predicted octanol–water partition coefficient (Wildman–Crippen LogP) is 2.97. The highest BCUT2D eigenvalue weighted by Gasteiger charge is 2.21. The molecule has 3 aromatic rings. The fourth-order valence-electron chi connectivity index (χ4n) is 3.62. The molecular weight excluding hydrogens is 406 g/mol. The Balaban J connectivity index is 1.26. The maximum Gasteiger partial charge on any atom is 0.433 e. The molecule has 0 unspecified atom stereocenters. The molecule has 0 spiro atoms. The largest absolute Gasteiger partial charge is 0.433 e. The molecule has 0 atom stereocenters. The number of aryl methyl sites for hydroxylation is 2. The van der Waals surface area contributed by atoms with Gasteiger partial charge in [0.1, 0.15) is 4.92 Å². The Morgan fingerprint density at radius 1 is 1.27 bits per heavy atom. The van der Waals surface area contributed by atoms with Crippen LogP contribution in [0.4, 0.5) is 11.0 Å². The number of hydrogen-bond donors (Lipinski definition) is 1. The van der Waals surface area contributed by atoms with E-state index in [-0.39, 0.29) is 5.76 Å². The van der Waals surface area contributed by atoms with Gasteiger partial charge in [0.05, 0.1) is 16.3 Å². The Morgan fingerprint density at radius 2 is 2.03 bits per heavy atom. The number of benzene rings is 1. The summed E-state index contributed by atoms with van der Waals surface area (Å²) in [6.45, 7) is 8.91. The quantitative estimate of drug-likeness (QED) is 0.474. The summed E-state index contributed by atoms with van der Waals surface area (Å²) in [7, 11) is 0. The summed E-state index contributed by atoms with van der Waals surface area (Å²) in [5.41, 5.74) is 3.55. The molecule has 1 aromatic carbocycles. The molecule has 9 nitrogen and oxygen atoms in total. The lowest BCUT2D eigenvalue weighted by Crippen LogP contribution is -2.48. The number of amides is 1. The average Bonchev–Trinajstić information content (AvgIpc) is 3.36. The van der Waals surface area contributed by atoms with Gasteiger partial charge >= 0.3 is 5.88 Å². The van der Waals surface area contributed by atoms with E-state index < -0.39 is 16.7 Å². The summed E-state index contributed by atoms with van der Waals surface area (Å²) >= 11 is 1.74. The van der Waals surface area contributed by atoms with E-state index in [1.54, 1.807) is 11.3 Å². The van der Waals surface area contributed by atoms with Gasteiger partial charge in [-0.25, -0.2) is 4.98 Å².